The third-order valence-corrected chi connectivity index (χ3v) is 5.28. The van der Waals surface area contributed by atoms with Crippen LogP contribution in [0.15, 0.2) is 72.0 Å². The highest BCUT2D eigenvalue weighted by molar-refractivity contribution is 5.91. The minimum absolute atomic E-state index is 0.171. The quantitative estimate of drug-likeness (QED) is 0.645. The van der Waals surface area contributed by atoms with Crippen molar-refractivity contribution in [3.05, 3.63) is 78.0 Å². The molecule has 1 unspecified atom stereocenters. The molecular formula is C23H21N5O2. The Balaban J connectivity index is 1.49. The van der Waals surface area contributed by atoms with Gasteiger partial charge in [-0.2, -0.15) is 0 Å². The van der Waals surface area contributed by atoms with E-state index < -0.39 is 0 Å². The monoisotopic (exact) mass is 399 g/mol. The summed E-state index contributed by atoms with van der Waals surface area (Å²) in [5, 5.41) is 12.2. The van der Waals surface area contributed by atoms with E-state index in [1.165, 1.54) is 5.56 Å². The summed E-state index contributed by atoms with van der Waals surface area (Å²) in [7, 11) is 0. The first-order chi connectivity index (χ1) is 14.8. The molecule has 0 saturated heterocycles. The van der Waals surface area contributed by atoms with Gasteiger partial charge in [-0.1, -0.05) is 48.5 Å². The van der Waals surface area contributed by atoms with Gasteiger partial charge in [-0.05, 0) is 28.8 Å². The molecule has 0 saturated carbocycles. The summed E-state index contributed by atoms with van der Waals surface area (Å²) in [5.41, 5.74) is 4.46. The molecule has 1 atom stereocenters. The lowest BCUT2D eigenvalue weighted by molar-refractivity contribution is -0.108. The number of amides is 1. The number of hydrogen-bond acceptors (Lipinski definition) is 6. The second kappa shape index (κ2) is 7.87. The van der Waals surface area contributed by atoms with Crippen molar-refractivity contribution < 1.29 is 9.53 Å². The molecular weight excluding hydrogens is 378 g/mol. The highest BCUT2D eigenvalue weighted by atomic mass is 16.5. The predicted octanol–water partition coefficient (Wildman–Crippen LogP) is 2.68. The van der Waals surface area contributed by atoms with E-state index in [9.17, 15) is 4.79 Å². The van der Waals surface area contributed by atoms with Crippen molar-refractivity contribution in [2.24, 2.45) is 5.10 Å². The van der Waals surface area contributed by atoms with Crippen LogP contribution in [-0.4, -0.2) is 30.1 Å². The van der Waals surface area contributed by atoms with E-state index >= 15 is 0 Å². The number of nitrogens with zero attached hydrogens (tertiary/aromatic N) is 3. The molecule has 0 aliphatic carbocycles. The average Bonchev–Trinajstić information content (AvgIpc) is 3.42. The van der Waals surface area contributed by atoms with Gasteiger partial charge in [0.15, 0.2) is 5.82 Å². The number of pyridine rings is 1. The number of hydrogen-bond donors (Lipinski definition) is 2. The van der Waals surface area contributed by atoms with Gasteiger partial charge in [0, 0.05) is 24.6 Å². The van der Waals surface area contributed by atoms with Crippen molar-refractivity contribution in [3.8, 4) is 16.9 Å². The van der Waals surface area contributed by atoms with E-state index in [0.717, 1.165) is 28.9 Å². The van der Waals surface area contributed by atoms with Crippen molar-refractivity contribution in [1.29, 1.82) is 0 Å². The number of hydrazone groups is 1. The number of carbonyl (C=O) groups is 1. The van der Waals surface area contributed by atoms with Gasteiger partial charge in [0.25, 0.3) is 0 Å². The lowest BCUT2D eigenvalue weighted by Crippen LogP contribution is -2.43. The Morgan fingerprint density at radius 2 is 2.07 bits per heavy atom. The van der Waals surface area contributed by atoms with E-state index in [4.69, 9.17) is 4.74 Å². The van der Waals surface area contributed by atoms with Gasteiger partial charge in [0.2, 0.25) is 12.4 Å². The van der Waals surface area contributed by atoms with Crippen molar-refractivity contribution in [2.75, 3.05) is 11.6 Å². The Morgan fingerprint density at radius 3 is 2.93 bits per heavy atom. The smallest absolute Gasteiger partial charge is 0.222 e. The zero-order valence-electron chi connectivity index (χ0n) is 16.3. The lowest BCUT2D eigenvalue weighted by atomic mass is 10.0. The Morgan fingerprint density at radius 1 is 1.17 bits per heavy atom. The maximum atomic E-state index is 10.9. The van der Waals surface area contributed by atoms with Crippen LogP contribution in [0.3, 0.4) is 0 Å². The molecule has 3 aromatic rings. The number of guanidine groups is 1. The highest BCUT2D eigenvalue weighted by Gasteiger charge is 2.28. The largest absolute Gasteiger partial charge is 0.492 e. The molecule has 1 aromatic heterocycles. The average molecular weight is 399 g/mol. The van der Waals surface area contributed by atoms with Crippen LogP contribution in [0.5, 0.6) is 5.75 Å². The molecule has 30 heavy (non-hydrogen) atoms. The summed E-state index contributed by atoms with van der Waals surface area (Å²) in [6.45, 7) is 0.713. The molecule has 3 heterocycles. The first-order valence-corrected chi connectivity index (χ1v) is 9.91. The Kier molecular flexibility index (Phi) is 4.77. The van der Waals surface area contributed by atoms with Crippen LogP contribution in [0.4, 0.5) is 5.82 Å². The van der Waals surface area contributed by atoms with Gasteiger partial charge in [-0.25, -0.2) is 9.99 Å². The molecule has 0 bridgehead atoms. The Bertz CT molecular complexity index is 1100. The van der Waals surface area contributed by atoms with E-state index in [-0.39, 0.29) is 6.17 Å². The molecule has 7 nitrogen and oxygen atoms in total. The Hall–Kier alpha value is -3.87. The van der Waals surface area contributed by atoms with Gasteiger partial charge in [0.05, 0.1) is 6.61 Å². The van der Waals surface area contributed by atoms with E-state index in [1.54, 1.807) is 6.20 Å². The number of fused-ring (bicyclic) bond motifs is 1. The van der Waals surface area contributed by atoms with Crippen LogP contribution in [0.1, 0.15) is 11.1 Å². The van der Waals surface area contributed by atoms with Crippen LogP contribution >= 0.6 is 0 Å². The first kappa shape index (κ1) is 18.2. The standard InChI is InChI=1S/C23H21N5O2/c29-15-25-23-26-21(13-16-5-2-1-3-6-16)28(27-23)20-14-18(9-11-24-20)19-8-4-7-17-10-12-30-22(17)19/h1-9,11,14-15,21H,10,12-13H2,(H2,25,26,27,29). The van der Waals surface area contributed by atoms with Gasteiger partial charge in [-0.15, -0.1) is 5.10 Å². The van der Waals surface area contributed by atoms with E-state index in [1.807, 2.05) is 35.3 Å². The summed E-state index contributed by atoms with van der Waals surface area (Å²) in [6, 6.07) is 20.4. The van der Waals surface area contributed by atoms with Crippen molar-refractivity contribution >= 4 is 18.2 Å². The van der Waals surface area contributed by atoms with Crippen LogP contribution in [0.2, 0.25) is 0 Å². The fourth-order valence-electron chi connectivity index (χ4n) is 3.89. The van der Waals surface area contributed by atoms with Gasteiger partial charge >= 0.3 is 0 Å². The molecule has 2 aromatic carbocycles. The summed E-state index contributed by atoms with van der Waals surface area (Å²) in [6.07, 6.45) is 3.85. The summed E-state index contributed by atoms with van der Waals surface area (Å²) in [5.74, 6) is 2.04. The number of anilines is 1. The van der Waals surface area contributed by atoms with Crippen molar-refractivity contribution in [3.63, 3.8) is 0 Å². The second-order valence-corrected chi connectivity index (χ2v) is 7.20. The minimum Gasteiger partial charge on any atom is -0.492 e. The topological polar surface area (TPSA) is 78.9 Å². The lowest BCUT2D eigenvalue weighted by Gasteiger charge is -2.23. The van der Waals surface area contributed by atoms with Crippen molar-refractivity contribution in [2.45, 2.75) is 19.0 Å². The fraction of sp³-hybridized carbons (Fsp3) is 0.174. The normalized spacial score (nSPS) is 17.0. The second-order valence-electron chi connectivity index (χ2n) is 7.20. The number of carbonyl (C=O) groups excluding carboxylic acids is 1. The maximum Gasteiger partial charge on any atom is 0.222 e. The molecule has 2 N–H and O–H groups in total. The molecule has 0 spiro atoms. The maximum absolute atomic E-state index is 10.9. The van der Waals surface area contributed by atoms with Gasteiger partial charge < -0.3 is 10.1 Å². The zero-order chi connectivity index (χ0) is 20.3. The van der Waals surface area contributed by atoms with E-state index in [0.29, 0.717) is 31.2 Å². The molecule has 2 aliphatic rings. The first-order valence-electron chi connectivity index (χ1n) is 9.91. The fourth-order valence-corrected chi connectivity index (χ4v) is 3.89. The van der Waals surface area contributed by atoms with Crippen LogP contribution < -0.4 is 20.4 Å². The number of para-hydroxylation sites is 1. The molecule has 0 radical (unpaired) electrons. The summed E-state index contributed by atoms with van der Waals surface area (Å²) < 4.78 is 5.88. The minimum atomic E-state index is -0.171. The molecule has 1 amide bonds. The van der Waals surface area contributed by atoms with Crippen LogP contribution in [-0.2, 0) is 17.6 Å². The number of aromatic nitrogens is 1. The number of ether oxygens (including phenoxy) is 1. The number of rotatable bonds is 5. The van der Waals surface area contributed by atoms with Crippen LogP contribution in [0.25, 0.3) is 11.1 Å². The summed E-state index contributed by atoms with van der Waals surface area (Å²) >= 11 is 0. The molecule has 5 rings (SSSR count). The van der Waals surface area contributed by atoms with Crippen LogP contribution in [0, 0.1) is 0 Å². The third kappa shape index (κ3) is 3.45. The third-order valence-electron chi connectivity index (χ3n) is 5.28. The predicted molar refractivity (Wildman–Crippen MR) is 115 cm³/mol. The summed E-state index contributed by atoms with van der Waals surface area (Å²) in [4.78, 5) is 15.5. The van der Waals surface area contributed by atoms with E-state index in [2.05, 4.69) is 51.1 Å². The highest BCUT2D eigenvalue weighted by Crippen LogP contribution is 2.37. The number of benzene rings is 2. The van der Waals surface area contributed by atoms with Crippen molar-refractivity contribution in [1.82, 2.24) is 15.6 Å². The SMILES string of the molecule is O=CNC1=NN(c2cc(-c3cccc4c3OCC4)ccn2)C(Cc2ccccc2)N1. The zero-order valence-corrected chi connectivity index (χ0v) is 16.3. The molecule has 2 aliphatic heterocycles. The molecule has 150 valence electrons. The number of nitrogens with one attached hydrogen (secondary N) is 2. The van der Waals surface area contributed by atoms with Gasteiger partial charge in [-0.3, -0.25) is 10.1 Å². The molecule has 7 heteroatoms. The Labute approximate surface area is 174 Å². The van der Waals surface area contributed by atoms with Gasteiger partial charge in [0.1, 0.15) is 11.9 Å². The molecule has 0 fully saturated rings.